The largest absolute Gasteiger partial charge is 0.497 e. The molecule has 3 aromatic rings. The zero-order chi connectivity index (χ0) is 24.1. The van der Waals surface area contributed by atoms with Crippen LogP contribution in [0.2, 0.25) is 0 Å². The van der Waals surface area contributed by atoms with Gasteiger partial charge < -0.3 is 14.8 Å². The van der Waals surface area contributed by atoms with Crippen molar-refractivity contribution in [2.75, 3.05) is 23.9 Å². The average Bonchev–Trinajstić information content (AvgIpc) is 3.12. The maximum atomic E-state index is 13.3. The first-order valence-electron chi connectivity index (χ1n) is 10.1. The standard InChI is InChI=1S/C25H19FN2O4S2/c1-31-20-12-8-18(9-13-20)27-23(29)15-32-21-5-3-2-4-16(21)14-22-24(30)28(25(33)34-22)19-10-6-17(26)7-11-19/h2-14H,15H2,1H3,(H,27,29)/b22-14-. The van der Waals surface area contributed by atoms with Crippen LogP contribution in [0.5, 0.6) is 11.5 Å². The molecule has 1 saturated heterocycles. The Balaban J connectivity index is 1.45. The van der Waals surface area contributed by atoms with Crippen LogP contribution in [-0.4, -0.2) is 29.9 Å². The summed E-state index contributed by atoms with van der Waals surface area (Å²) in [6.07, 6.45) is 1.67. The smallest absolute Gasteiger partial charge is 0.270 e. The van der Waals surface area contributed by atoms with Gasteiger partial charge in [-0.3, -0.25) is 14.5 Å². The van der Waals surface area contributed by atoms with Crippen LogP contribution in [0.4, 0.5) is 15.8 Å². The van der Waals surface area contributed by atoms with E-state index in [9.17, 15) is 14.0 Å². The summed E-state index contributed by atoms with van der Waals surface area (Å²) in [5, 5.41) is 2.75. The minimum atomic E-state index is -0.396. The van der Waals surface area contributed by atoms with E-state index in [-0.39, 0.29) is 18.4 Å². The van der Waals surface area contributed by atoms with Crippen molar-refractivity contribution in [3.63, 3.8) is 0 Å². The summed E-state index contributed by atoms with van der Waals surface area (Å²) in [6, 6.07) is 19.6. The Hall–Kier alpha value is -3.69. The lowest BCUT2D eigenvalue weighted by atomic mass is 10.2. The van der Waals surface area contributed by atoms with Crippen molar-refractivity contribution in [3.8, 4) is 11.5 Å². The minimum Gasteiger partial charge on any atom is -0.497 e. The van der Waals surface area contributed by atoms with Crippen LogP contribution in [0, 0.1) is 5.82 Å². The van der Waals surface area contributed by atoms with Gasteiger partial charge in [-0.1, -0.05) is 42.2 Å². The molecule has 2 amide bonds. The van der Waals surface area contributed by atoms with Gasteiger partial charge in [-0.25, -0.2) is 4.39 Å². The molecule has 0 saturated carbocycles. The van der Waals surface area contributed by atoms with Gasteiger partial charge in [0.25, 0.3) is 11.8 Å². The number of nitrogens with one attached hydrogen (secondary N) is 1. The zero-order valence-electron chi connectivity index (χ0n) is 18.0. The van der Waals surface area contributed by atoms with Gasteiger partial charge in [0.05, 0.1) is 17.7 Å². The van der Waals surface area contributed by atoms with Crippen molar-refractivity contribution >= 4 is 57.6 Å². The number of anilines is 2. The third-order valence-electron chi connectivity index (χ3n) is 4.82. The Morgan fingerprint density at radius 1 is 1.09 bits per heavy atom. The predicted octanol–water partition coefficient (Wildman–Crippen LogP) is 5.26. The minimum absolute atomic E-state index is 0.215. The van der Waals surface area contributed by atoms with Crippen LogP contribution >= 0.6 is 24.0 Å². The Labute approximate surface area is 205 Å². The topological polar surface area (TPSA) is 67.9 Å². The highest BCUT2D eigenvalue weighted by molar-refractivity contribution is 8.27. The first-order chi connectivity index (χ1) is 16.4. The molecular formula is C25H19FN2O4S2. The average molecular weight is 495 g/mol. The van der Waals surface area contributed by atoms with E-state index in [0.717, 1.165) is 11.8 Å². The fraction of sp³-hybridized carbons (Fsp3) is 0.0800. The fourth-order valence-corrected chi connectivity index (χ4v) is 4.46. The lowest BCUT2D eigenvalue weighted by Gasteiger charge is -2.14. The highest BCUT2D eigenvalue weighted by atomic mass is 32.2. The van der Waals surface area contributed by atoms with Gasteiger partial charge in [0, 0.05) is 11.3 Å². The van der Waals surface area contributed by atoms with E-state index in [1.165, 1.54) is 29.2 Å². The molecule has 1 aliphatic rings. The third kappa shape index (κ3) is 5.44. The molecule has 1 heterocycles. The van der Waals surface area contributed by atoms with Gasteiger partial charge in [-0.2, -0.15) is 0 Å². The number of ether oxygens (including phenoxy) is 2. The van der Waals surface area contributed by atoms with E-state index in [4.69, 9.17) is 21.7 Å². The Morgan fingerprint density at radius 2 is 1.79 bits per heavy atom. The second kappa shape index (κ2) is 10.5. The number of methoxy groups -OCH3 is 1. The summed E-state index contributed by atoms with van der Waals surface area (Å²) >= 11 is 6.51. The predicted molar refractivity (Wildman–Crippen MR) is 136 cm³/mol. The second-order valence-electron chi connectivity index (χ2n) is 7.10. The first kappa shape index (κ1) is 23.5. The van der Waals surface area contributed by atoms with Crippen LogP contribution in [0.25, 0.3) is 6.08 Å². The molecule has 0 aromatic heterocycles. The summed E-state index contributed by atoms with van der Waals surface area (Å²) in [6.45, 7) is -0.215. The summed E-state index contributed by atoms with van der Waals surface area (Å²) in [4.78, 5) is 27.1. The van der Waals surface area contributed by atoms with Crippen molar-refractivity contribution in [1.82, 2.24) is 0 Å². The maximum absolute atomic E-state index is 13.3. The van der Waals surface area contributed by atoms with E-state index < -0.39 is 5.82 Å². The SMILES string of the molecule is COc1ccc(NC(=O)COc2ccccc2/C=C2\SC(=S)N(c3ccc(F)cc3)C2=O)cc1. The molecule has 0 aliphatic carbocycles. The number of halogens is 1. The molecule has 172 valence electrons. The molecular weight excluding hydrogens is 475 g/mol. The van der Waals surface area contributed by atoms with Crippen LogP contribution in [0.15, 0.2) is 77.7 Å². The lowest BCUT2D eigenvalue weighted by Crippen LogP contribution is -2.27. The molecule has 3 aromatic carbocycles. The number of thiocarbonyl (C=S) groups is 1. The first-order valence-corrected chi connectivity index (χ1v) is 11.4. The lowest BCUT2D eigenvalue weighted by molar-refractivity contribution is -0.118. The van der Waals surface area contributed by atoms with Crippen molar-refractivity contribution in [2.24, 2.45) is 0 Å². The number of amides is 2. The molecule has 0 spiro atoms. The molecule has 1 aliphatic heterocycles. The number of rotatable bonds is 7. The highest BCUT2D eigenvalue weighted by Gasteiger charge is 2.33. The highest BCUT2D eigenvalue weighted by Crippen LogP contribution is 2.37. The Kier molecular flexibility index (Phi) is 7.24. The molecule has 0 bridgehead atoms. The van der Waals surface area contributed by atoms with Crippen molar-refractivity contribution in [1.29, 1.82) is 0 Å². The van der Waals surface area contributed by atoms with Crippen LogP contribution < -0.4 is 19.7 Å². The van der Waals surface area contributed by atoms with Gasteiger partial charge in [0.15, 0.2) is 10.9 Å². The Bertz CT molecular complexity index is 1260. The van der Waals surface area contributed by atoms with E-state index in [1.807, 2.05) is 0 Å². The van der Waals surface area contributed by atoms with Gasteiger partial charge in [-0.15, -0.1) is 0 Å². The van der Waals surface area contributed by atoms with Gasteiger partial charge in [0.1, 0.15) is 17.3 Å². The number of para-hydroxylation sites is 1. The summed E-state index contributed by atoms with van der Waals surface area (Å²) in [5.74, 6) is 0.0931. The van der Waals surface area contributed by atoms with E-state index in [1.54, 1.807) is 61.7 Å². The maximum Gasteiger partial charge on any atom is 0.270 e. The molecule has 9 heteroatoms. The molecule has 0 unspecified atom stereocenters. The zero-order valence-corrected chi connectivity index (χ0v) is 19.6. The van der Waals surface area contributed by atoms with Gasteiger partial charge in [-0.05, 0) is 60.7 Å². The summed E-state index contributed by atoms with van der Waals surface area (Å²) < 4.78 is 24.4. The number of carbonyl (C=O) groups is 2. The monoisotopic (exact) mass is 494 g/mol. The molecule has 1 N–H and O–H groups in total. The van der Waals surface area contributed by atoms with E-state index in [2.05, 4.69) is 5.32 Å². The van der Waals surface area contributed by atoms with Crippen molar-refractivity contribution in [2.45, 2.75) is 0 Å². The molecule has 0 atom stereocenters. The van der Waals surface area contributed by atoms with Gasteiger partial charge in [0.2, 0.25) is 0 Å². The fourth-order valence-electron chi connectivity index (χ4n) is 3.17. The second-order valence-corrected chi connectivity index (χ2v) is 8.77. The molecule has 0 radical (unpaired) electrons. The van der Waals surface area contributed by atoms with Crippen LogP contribution in [0.1, 0.15) is 5.56 Å². The molecule has 34 heavy (non-hydrogen) atoms. The van der Waals surface area contributed by atoms with Crippen molar-refractivity contribution < 1.29 is 23.5 Å². The number of nitrogens with zero attached hydrogens (tertiary/aromatic N) is 1. The van der Waals surface area contributed by atoms with Crippen molar-refractivity contribution in [3.05, 3.63) is 89.1 Å². The Morgan fingerprint density at radius 3 is 2.50 bits per heavy atom. The third-order valence-corrected chi connectivity index (χ3v) is 6.12. The molecule has 1 fully saturated rings. The van der Waals surface area contributed by atoms with Gasteiger partial charge >= 0.3 is 0 Å². The van der Waals surface area contributed by atoms with E-state index >= 15 is 0 Å². The summed E-state index contributed by atoms with van der Waals surface area (Å²) in [7, 11) is 1.57. The quantitative estimate of drug-likeness (QED) is 0.357. The number of carbonyl (C=O) groups excluding carboxylic acids is 2. The summed E-state index contributed by atoms with van der Waals surface area (Å²) in [5.41, 5.74) is 1.73. The number of benzene rings is 3. The number of thioether (sulfide) groups is 1. The number of hydrogen-bond donors (Lipinski definition) is 1. The van der Waals surface area contributed by atoms with E-state index in [0.29, 0.717) is 37.7 Å². The molecule has 4 rings (SSSR count). The normalized spacial score (nSPS) is 14.4. The van der Waals surface area contributed by atoms with Crippen LogP contribution in [0.3, 0.4) is 0 Å². The molecule has 6 nitrogen and oxygen atoms in total. The van der Waals surface area contributed by atoms with Crippen LogP contribution in [-0.2, 0) is 9.59 Å². The number of hydrogen-bond acceptors (Lipinski definition) is 6.